The molecule has 0 saturated heterocycles. The third kappa shape index (κ3) is 2.45. The minimum atomic E-state index is -0.455. The number of nitrogens with two attached hydrogens (primary N) is 1. The molecule has 2 heterocycles. The van der Waals surface area contributed by atoms with Gasteiger partial charge in [-0.25, -0.2) is 4.98 Å². The Hall–Kier alpha value is -3.07. The molecule has 6 N–H and O–H groups in total. The van der Waals surface area contributed by atoms with Gasteiger partial charge in [0, 0.05) is 0 Å². The molecule has 2 saturated carbocycles. The Bertz CT molecular complexity index is 1310. The maximum atomic E-state index is 12.7. The van der Waals surface area contributed by atoms with Crippen LogP contribution in [0, 0.1) is 17.3 Å². The molecule has 2 aromatic heterocycles. The van der Waals surface area contributed by atoms with Crippen LogP contribution in [0.2, 0.25) is 0 Å². The zero-order valence-electron chi connectivity index (χ0n) is 17.9. The van der Waals surface area contributed by atoms with Gasteiger partial charge in [-0.2, -0.15) is 4.98 Å². The summed E-state index contributed by atoms with van der Waals surface area (Å²) in [6, 6.07) is 1.65. The number of aryl methyl sites for hydroxylation is 1. The first kappa shape index (κ1) is 19.6. The van der Waals surface area contributed by atoms with Gasteiger partial charge in [-0.15, -0.1) is 0 Å². The van der Waals surface area contributed by atoms with Crippen molar-refractivity contribution in [3.63, 3.8) is 0 Å². The molecule has 9 heteroatoms. The molecule has 0 amide bonds. The molecule has 5 atom stereocenters. The van der Waals surface area contributed by atoms with E-state index in [1.165, 1.54) is 10.9 Å². The lowest BCUT2D eigenvalue weighted by Gasteiger charge is -2.50. The molecule has 2 fully saturated rings. The first-order chi connectivity index (χ1) is 15.3. The molecule has 3 aliphatic carbocycles. The molecule has 9 nitrogen and oxygen atoms in total. The predicted molar refractivity (Wildman–Crippen MR) is 118 cm³/mol. The Kier molecular flexibility index (Phi) is 3.97. The van der Waals surface area contributed by atoms with Crippen LogP contribution >= 0.6 is 0 Å². The minimum Gasteiger partial charge on any atom is -0.504 e. The maximum Gasteiger partial charge on any atom is 0.278 e. The number of hydrogen-bond acceptors (Lipinski definition) is 7. The molecule has 1 aromatic carbocycles. The molecule has 0 bridgehead atoms. The molecule has 0 unspecified atom stereocenters. The van der Waals surface area contributed by atoms with Crippen molar-refractivity contribution in [3.8, 4) is 17.2 Å². The highest BCUT2D eigenvalue weighted by molar-refractivity contribution is 5.76. The Labute approximate surface area is 183 Å². The summed E-state index contributed by atoms with van der Waals surface area (Å²) in [6.45, 7) is 2.22. The number of hydrogen-bond donors (Lipinski definition) is 5. The second-order valence-corrected chi connectivity index (χ2v) is 9.96. The molecular weight excluding hydrogens is 410 g/mol. The number of nitrogens with zero attached hydrogens (tertiary/aromatic N) is 3. The summed E-state index contributed by atoms with van der Waals surface area (Å²) in [5.41, 5.74) is 7.87. The summed E-state index contributed by atoms with van der Waals surface area (Å²) >= 11 is 0. The van der Waals surface area contributed by atoms with Gasteiger partial charge in [0.15, 0.2) is 22.7 Å². The number of aromatic nitrogens is 4. The average molecular weight is 438 g/mol. The van der Waals surface area contributed by atoms with E-state index in [0.717, 1.165) is 49.7 Å². The van der Waals surface area contributed by atoms with Crippen LogP contribution < -0.4 is 11.3 Å². The van der Waals surface area contributed by atoms with E-state index >= 15 is 0 Å². The minimum absolute atomic E-state index is 0.0265. The van der Waals surface area contributed by atoms with Crippen molar-refractivity contribution < 1.29 is 15.3 Å². The number of aliphatic hydroxyl groups excluding tert-OH is 1. The molecule has 168 valence electrons. The van der Waals surface area contributed by atoms with E-state index in [1.807, 2.05) is 0 Å². The van der Waals surface area contributed by atoms with E-state index in [4.69, 9.17) is 5.73 Å². The number of phenols is 2. The fraction of sp³-hybridized carbons (Fsp3) is 0.522. The summed E-state index contributed by atoms with van der Waals surface area (Å²) in [4.78, 5) is 23.6. The summed E-state index contributed by atoms with van der Waals surface area (Å²) in [5, 5.41) is 32.2. The van der Waals surface area contributed by atoms with E-state index < -0.39 is 5.56 Å². The van der Waals surface area contributed by atoms with E-state index in [0.29, 0.717) is 17.5 Å². The van der Waals surface area contributed by atoms with Crippen molar-refractivity contribution >= 4 is 17.1 Å². The van der Waals surface area contributed by atoms with Gasteiger partial charge in [0.2, 0.25) is 5.95 Å². The Morgan fingerprint density at radius 3 is 2.88 bits per heavy atom. The number of anilines is 1. The van der Waals surface area contributed by atoms with Crippen molar-refractivity contribution in [1.29, 1.82) is 0 Å². The number of phenolic OH excluding ortho intramolecular Hbond substituents is 2. The third-order valence-electron chi connectivity index (χ3n) is 8.56. The van der Waals surface area contributed by atoms with Crippen molar-refractivity contribution in [2.24, 2.45) is 17.3 Å². The number of aliphatic hydroxyl groups is 1. The van der Waals surface area contributed by atoms with Gasteiger partial charge in [0.05, 0.1) is 11.8 Å². The van der Waals surface area contributed by atoms with Gasteiger partial charge in [0.25, 0.3) is 5.56 Å². The largest absolute Gasteiger partial charge is 0.504 e. The number of rotatable bonds is 1. The van der Waals surface area contributed by atoms with Crippen molar-refractivity contribution in [3.05, 3.63) is 33.9 Å². The van der Waals surface area contributed by atoms with E-state index in [1.54, 1.807) is 6.07 Å². The van der Waals surface area contributed by atoms with Crippen molar-refractivity contribution in [1.82, 2.24) is 19.5 Å². The van der Waals surface area contributed by atoms with Crippen LogP contribution in [0.15, 0.2) is 17.2 Å². The number of aromatic amines is 1. The van der Waals surface area contributed by atoms with Crippen LogP contribution in [0.5, 0.6) is 11.5 Å². The lowest BCUT2D eigenvalue weighted by Crippen LogP contribution is -2.44. The number of fused-ring (bicyclic) bond motifs is 6. The molecule has 0 spiro atoms. The summed E-state index contributed by atoms with van der Waals surface area (Å²) in [6.07, 6.45) is 6.57. The molecule has 3 aromatic rings. The summed E-state index contributed by atoms with van der Waals surface area (Å²) in [7, 11) is 0. The molecule has 0 radical (unpaired) electrons. The second-order valence-electron chi connectivity index (χ2n) is 9.96. The average Bonchev–Trinajstić information content (AvgIpc) is 3.30. The fourth-order valence-corrected chi connectivity index (χ4v) is 7.04. The Balaban J connectivity index is 1.58. The zero-order valence-corrected chi connectivity index (χ0v) is 17.9. The van der Waals surface area contributed by atoms with Crippen LogP contribution in [0.1, 0.15) is 56.1 Å². The Morgan fingerprint density at radius 2 is 2.06 bits per heavy atom. The second kappa shape index (κ2) is 6.48. The molecular formula is C23H27N5O4. The van der Waals surface area contributed by atoms with Crippen LogP contribution in [-0.4, -0.2) is 40.9 Å². The van der Waals surface area contributed by atoms with E-state index in [9.17, 15) is 20.1 Å². The van der Waals surface area contributed by atoms with Crippen LogP contribution in [0.3, 0.4) is 0 Å². The van der Waals surface area contributed by atoms with Gasteiger partial charge in [-0.1, -0.05) is 6.92 Å². The number of benzene rings is 1. The Morgan fingerprint density at radius 1 is 1.25 bits per heavy atom. The van der Waals surface area contributed by atoms with Gasteiger partial charge in [0.1, 0.15) is 6.33 Å². The van der Waals surface area contributed by atoms with Gasteiger partial charge in [-0.05, 0) is 78.9 Å². The van der Waals surface area contributed by atoms with Gasteiger partial charge >= 0.3 is 0 Å². The molecule has 32 heavy (non-hydrogen) atoms. The summed E-state index contributed by atoms with van der Waals surface area (Å²) < 4.78 is 1.54. The third-order valence-corrected chi connectivity index (χ3v) is 8.56. The standard InChI is InChI=1S/C23H27N5O4/c1-23-7-6-12-11(13(23)4-5-15(23)30)3-2-10-8-14(29)19(31)17(16(10)12)28-9-25-20-18(28)21(32)27-22(24)26-20/h8-9,11-13,15,29-31H,2-7H2,1H3,(H3,24,26,27,32)/t11-,12+,13+,15+,23+/m1/s1. The predicted octanol–water partition coefficient (Wildman–Crippen LogP) is 2.32. The van der Waals surface area contributed by atoms with Crippen LogP contribution in [0.25, 0.3) is 16.9 Å². The fourth-order valence-electron chi connectivity index (χ4n) is 7.04. The van der Waals surface area contributed by atoms with Gasteiger partial charge < -0.3 is 21.1 Å². The number of nitrogens with one attached hydrogen (secondary N) is 1. The van der Waals surface area contributed by atoms with Crippen molar-refractivity contribution in [2.45, 2.75) is 57.5 Å². The molecule has 3 aliphatic rings. The normalized spacial score (nSPS) is 31.3. The highest BCUT2D eigenvalue weighted by atomic mass is 16.3. The number of nitrogen functional groups attached to an aromatic ring is 1. The monoisotopic (exact) mass is 437 g/mol. The molecule has 6 rings (SSSR count). The van der Waals surface area contributed by atoms with Crippen molar-refractivity contribution in [2.75, 3.05) is 5.73 Å². The lowest BCUT2D eigenvalue weighted by atomic mass is 9.55. The summed E-state index contributed by atoms with van der Waals surface area (Å²) in [5.74, 6) is 0.458. The number of H-pyrrole nitrogens is 1. The lowest BCUT2D eigenvalue weighted by molar-refractivity contribution is -0.0226. The molecule has 0 aliphatic heterocycles. The highest BCUT2D eigenvalue weighted by Crippen LogP contribution is 2.62. The van der Waals surface area contributed by atoms with Gasteiger partial charge in [-0.3, -0.25) is 14.3 Å². The van der Waals surface area contributed by atoms with Crippen LogP contribution in [-0.2, 0) is 6.42 Å². The SMILES string of the molecule is C[C@]12CC[C@@H]3c4c(cc(O)c(O)c4-n4cnc5nc(N)[nH]c(=O)c54)CC[C@H]3[C@@H]1CC[C@@H]2O. The maximum absolute atomic E-state index is 12.7. The zero-order chi connectivity index (χ0) is 22.4. The first-order valence-electron chi connectivity index (χ1n) is 11.3. The van der Waals surface area contributed by atoms with E-state index in [-0.39, 0.29) is 46.0 Å². The van der Waals surface area contributed by atoms with E-state index in [2.05, 4.69) is 21.9 Å². The highest BCUT2D eigenvalue weighted by Gasteiger charge is 2.55. The van der Waals surface area contributed by atoms with Crippen LogP contribution in [0.4, 0.5) is 5.95 Å². The number of aromatic hydroxyl groups is 2. The smallest absolute Gasteiger partial charge is 0.278 e. The topological polar surface area (TPSA) is 150 Å². The number of imidazole rings is 1. The first-order valence-corrected chi connectivity index (χ1v) is 11.3. The quantitative estimate of drug-likeness (QED) is 0.367.